The van der Waals surface area contributed by atoms with Crippen molar-refractivity contribution < 1.29 is 29.0 Å². The van der Waals surface area contributed by atoms with E-state index in [-0.39, 0.29) is 18.9 Å². The number of aliphatic carboxylic acids is 1. The SMILES string of the molecule is CC(C)C[C@H](CNC(=O)OC(C)OC(=O)C(C)(C)C)CC(=O)O. The van der Waals surface area contributed by atoms with Gasteiger partial charge in [-0.2, -0.15) is 0 Å². The van der Waals surface area contributed by atoms with Gasteiger partial charge in [0.25, 0.3) is 0 Å². The van der Waals surface area contributed by atoms with Crippen LogP contribution in [0.2, 0.25) is 0 Å². The van der Waals surface area contributed by atoms with Crippen molar-refractivity contribution in [1.82, 2.24) is 5.32 Å². The van der Waals surface area contributed by atoms with Crippen LogP contribution in [0.4, 0.5) is 4.79 Å². The largest absolute Gasteiger partial charge is 0.481 e. The van der Waals surface area contributed by atoms with Crippen LogP contribution in [0.25, 0.3) is 0 Å². The fourth-order valence-electron chi connectivity index (χ4n) is 1.92. The molecule has 2 atom stereocenters. The Kier molecular flexibility index (Phi) is 8.64. The van der Waals surface area contributed by atoms with Crippen LogP contribution in [0, 0.1) is 17.3 Å². The average Bonchev–Trinajstić information content (AvgIpc) is 2.33. The second-order valence-corrected chi connectivity index (χ2v) is 7.10. The van der Waals surface area contributed by atoms with Gasteiger partial charge in [0.1, 0.15) is 0 Å². The fourth-order valence-corrected chi connectivity index (χ4v) is 1.92. The van der Waals surface area contributed by atoms with Crippen LogP contribution in [0.15, 0.2) is 0 Å². The first-order chi connectivity index (χ1) is 10.4. The smallest absolute Gasteiger partial charge is 0.410 e. The number of hydrogen-bond acceptors (Lipinski definition) is 5. The van der Waals surface area contributed by atoms with Crippen LogP contribution < -0.4 is 5.32 Å². The summed E-state index contributed by atoms with van der Waals surface area (Å²) in [7, 11) is 0. The van der Waals surface area contributed by atoms with Crippen LogP contribution in [0.3, 0.4) is 0 Å². The summed E-state index contributed by atoms with van der Waals surface area (Å²) < 4.78 is 9.94. The number of ether oxygens (including phenoxy) is 2. The highest BCUT2D eigenvalue weighted by Gasteiger charge is 2.26. The molecule has 1 amide bonds. The zero-order valence-electron chi connectivity index (χ0n) is 14.8. The third-order valence-electron chi connectivity index (χ3n) is 2.96. The molecule has 7 nitrogen and oxygen atoms in total. The minimum absolute atomic E-state index is 0.0208. The van der Waals surface area contributed by atoms with Crippen molar-refractivity contribution in [2.75, 3.05) is 6.54 Å². The number of carboxylic acid groups (broad SMARTS) is 1. The molecule has 0 rings (SSSR count). The molecule has 1 unspecified atom stereocenters. The molecular weight excluding hydrogens is 302 g/mol. The van der Waals surface area contributed by atoms with E-state index in [0.29, 0.717) is 12.3 Å². The highest BCUT2D eigenvalue weighted by Crippen LogP contribution is 2.17. The third-order valence-corrected chi connectivity index (χ3v) is 2.96. The molecule has 0 aliphatic rings. The molecule has 0 fully saturated rings. The molecule has 0 aromatic rings. The number of esters is 1. The predicted molar refractivity (Wildman–Crippen MR) is 84.7 cm³/mol. The Balaban J connectivity index is 4.30. The molecule has 0 heterocycles. The van der Waals surface area contributed by atoms with Crippen molar-refractivity contribution in [2.24, 2.45) is 17.3 Å². The van der Waals surface area contributed by atoms with Crippen LogP contribution >= 0.6 is 0 Å². The highest BCUT2D eigenvalue weighted by molar-refractivity contribution is 5.75. The minimum Gasteiger partial charge on any atom is -0.481 e. The number of nitrogens with one attached hydrogen (secondary N) is 1. The quantitative estimate of drug-likeness (QED) is 0.524. The van der Waals surface area contributed by atoms with E-state index in [1.54, 1.807) is 20.8 Å². The molecule has 0 aliphatic heterocycles. The van der Waals surface area contributed by atoms with Gasteiger partial charge in [0, 0.05) is 19.9 Å². The van der Waals surface area contributed by atoms with E-state index in [2.05, 4.69) is 5.32 Å². The van der Waals surface area contributed by atoms with Crippen LogP contribution in [0.1, 0.15) is 54.4 Å². The lowest BCUT2D eigenvalue weighted by molar-refractivity contribution is -0.174. The molecule has 134 valence electrons. The maximum Gasteiger partial charge on any atom is 0.410 e. The standard InChI is InChI=1S/C16H29NO6/c1-10(2)7-12(8-13(18)19)9-17-15(21)23-11(3)22-14(20)16(4,5)6/h10-12H,7-9H2,1-6H3,(H,17,21)(H,18,19)/t11?,12-/m0/s1. The van der Waals surface area contributed by atoms with Crippen molar-refractivity contribution in [1.29, 1.82) is 0 Å². The molecule has 23 heavy (non-hydrogen) atoms. The van der Waals surface area contributed by atoms with Gasteiger partial charge in [-0.05, 0) is 39.0 Å². The minimum atomic E-state index is -1.01. The van der Waals surface area contributed by atoms with Gasteiger partial charge < -0.3 is 19.9 Å². The van der Waals surface area contributed by atoms with Gasteiger partial charge in [0.2, 0.25) is 6.29 Å². The van der Waals surface area contributed by atoms with Gasteiger partial charge in [-0.25, -0.2) is 4.79 Å². The Morgan fingerprint density at radius 2 is 1.65 bits per heavy atom. The normalized spacial score (nSPS) is 14.0. The number of carbonyl (C=O) groups is 3. The van der Waals surface area contributed by atoms with Crippen molar-refractivity contribution in [3.63, 3.8) is 0 Å². The monoisotopic (exact) mass is 331 g/mol. The molecule has 0 spiro atoms. The average molecular weight is 331 g/mol. The topological polar surface area (TPSA) is 102 Å². The Labute approximate surface area is 137 Å². The first-order valence-corrected chi connectivity index (χ1v) is 7.79. The molecule has 0 aromatic carbocycles. The van der Waals surface area contributed by atoms with Crippen LogP contribution in [-0.4, -0.2) is 36.0 Å². The third kappa shape index (κ3) is 10.5. The number of hydrogen-bond donors (Lipinski definition) is 2. The van der Waals surface area contributed by atoms with Crippen molar-refractivity contribution in [3.8, 4) is 0 Å². The lowest BCUT2D eigenvalue weighted by atomic mass is 9.94. The maximum atomic E-state index is 11.7. The van der Waals surface area contributed by atoms with Crippen molar-refractivity contribution in [3.05, 3.63) is 0 Å². The van der Waals surface area contributed by atoms with E-state index >= 15 is 0 Å². The van der Waals surface area contributed by atoms with Gasteiger partial charge in [-0.15, -0.1) is 0 Å². The molecule has 2 N–H and O–H groups in total. The molecule has 7 heteroatoms. The zero-order valence-corrected chi connectivity index (χ0v) is 14.8. The second kappa shape index (κ2) is 9.37. The number of amides is 1. The van der Waals surface area contributed by atoms with Gasteiger partial charge in [-0.3, -0.25) is 9.59 Å². The van der Waals surface area contributed by atoms with E-state index in [0.717, 1.165) is 0 Å². The van der Waals surface area contributed by atoms with Gasteiger partial charge in [0.15, 0.2) is 0 Å². The summed E-state index contributed by atoms with van der Waals surface area (Å²) in [5, 5.41) is 11.4. The summed E-state index contributed by atoms with van der Waals surface area (Å²) in [5.74, 6) is -1.23. The molecule has 0 saturated carbocycles. The predicted octanol–water partition coefficient (Wildman–Crippen LogP) is 2.78. The molecule has 0 radical (unpaired) electrons. The van der Waals surface area contributed by atoms with Crippen molar-refractivity contribution >= 4 is 18.0 Å². The van der Waals surface area contributed by atoms with E-state index < -0.39 is 29.7 Å². The highest BCUT2D eigenvalue weighted by atomic mass is 16.7. The molecule has 0 aromatic heterocycles. The maximum absolute atomic E-state index is 11.7. The zero-order chi connectivity index (χ0) is 18.2. The first-order valence-electron chi connectivity index (χ1n) is 7.79. The van der Waals surface area contributed by atoms with E-state index in [4.69, 9.17) is 14.6 Å². The summed E-state index contributed by atoms with van der Waals surface area (Å²) in [6, 6.07) is 0. The van der Waals surface area contributed by atoms with E-state index in [1.807, 2.05) is 13.8 Å². The number of rotatable bonds is 8. The summed E-state index contributed by atoms with van der Waals surface area (Å²) in [4.78, 5) is 34.2. The molecule has 0 bridgehead atoms. The fraction of sp³-hybridized carbons (Fsp3) is 0.812. The summed E-state index contributed by atoms with van der Waals surface area (Å²) in [6.45, 7) is 10.7. The van der Waals surface area contributed by atoms with Gasteiger partial charge in [-0.1, -0.05) is 13.8 Å². The summed E-state index contributed by atoms with van der Waals surface area (Å²) in [5.41, 5.74) is -0.683. The number of carbonyl (C=O) groups excluding carboxylic acids is 2. The molecule has 0 saturated heterocycles. The van der Waals surface area contributed by atoms with Crippen molar-refractivity contribution in [2.45, 2.75) is 60.7 Å². The van der Waals surface area contributed by atoms with Gasteiger partial charge >= 0.3 is 18.0 Å². The lowest BCUT2D eigenvalue weighted by Crippen LogP contribution is -2.35. The van der Waals surface area contributed by atoms with Crippen LogP contribution in [0.5, 0.6) is 0 Å². The second-order valence-electron chi connectivity index (χ2n) is 7.10. The lowest BCUT2D eigenvalue weighted by Gasteiger charge is -2.22. The molecule has 0 aliphatic carbocycles. The van der Waals surface area contributed by atoms with Crippen LogP contribution in [-0.2, 0) is 19.1 Å². The van der Waals surface area contributed by atoms with E-state index in [9.17, 15) is 14.4 Å². The number of carboxylic acids is 1. The van der Waals surface area contributed by atoms with E-state index in [1.165, 1.54) is 6.92 Å². The Bertz CT molecular complexity index is 413. The van der Waals surface area contributed by atoms with Gasteiger partial charge in [0.05, 0.1) is 5.41 Å². The summed E-state index contributed by atoms with van der Waals surface area (Å²) >= 11 is 0. The Hall–Kier alpha value is -1.79. The Morgan fingerprint density at radius 3 is 2.09 bits per heavy atom. The summed E-state index contributed by atoms with van der Waals surface area (Å²) in [6.07, 6.45) is -1.09. The molecular formula is C16H29NO6. The first kappa shape index (κ1) is 21.2. The number of alkyl carbamates (subject to hydrolysis) is 1. The Morgan fingerprint density at radius 1 is 1.09 bits per heavy atom.